The van der Waals surface area contributed by atoms with Crippen molar-refractivity contribution in [2.75, 3.05) is 11.4 Å². The number of amides is 1. The van der Waals surface area contributed by atoms with Crippen LogP contribution in [-0.4, -0.2) is 27.9 Å². The summed E-state index contributed by atoms with van der Waals surface area (Å²) < 4.78 is 3.46. The number of carbonyl (C=O) groups excluding carboxylic acids is 1. The van der Waals surface area contributed by atoms with Gasteiger partial charge in [-0.05, 0) is 20.3 Å². The van der Waals surface area contributed by atoms with E-state index in [1.807, 2.05) is 18.5 Å². The summed E-state index contributed by atoms with van der Waals surface area (Å²) in [5.74, 6) is -0.154. The SMILES string of the molecule is CCn1cc(N2CCC(N)C2=O)c(=O)n1CC. The van der Waals surface area contributed by atoms with Crippen LogP contribution in [0, 0.1) is 0 Å². The maximum atomic E-state index is 12.1. The monoisotopic (exact) mass is 238 g/mol. The van der Waals surface area contributed by atoms with Crippen LogP contribution in [0.5, 0.6) is 0 Å². The van der Waals surface area contributed by atoms with Crippen molar-refractivity contribution >= 4 is 11.6 Å². The molecule has 1 aliphatic heterocycles. The van der Waals surface area contributed by atoms with Crippen LogP contribution >= 0.6 is 0 Å². The molecule has 0 saturated carbocycles. The fourth-order valence-electron chi connectivity index (χ4n) is 2.23. The molecule has 6 nitrogen and oxygen atoms in total. The first-order valence-electron chi connectivity index (χ1n) is 5.97. The lowest BCUT2D eigenvalue weighted by Gasteiger charge is -2.11. The highest BCUT2D eigenvalue weighted by atomic mass is 16.2. The Kier molecular flexibility index (Phi) is 3.06. The van der Waals surface area contributed by atoms with Crippen LogP contribution in [-0.2, 0) is 17.9 Å². The zero-order valence-electron chi connectivity index (χ0n) is 10.2. The van der Waals surface area contributed by atoms with Crippen LogP contribution < -0.4 is 16.2 Å². The van der Waals surface area contributed by atoms with Gasteiger partial charge in [0.2, 0.25) is 5.91 Å². The Balaban J connectivity index is 2.43. The van der Waals surface area contributed by atoms with Gasteiger partial charge in [-0.3, -0.25) is 14.3 Å². The number of nitrogens with zero attached hydrogens (tertiary/aromatic N) is 3. The molecule has 1 aliphatic rings. The zero-order valence-corrected chi connectivity index (χ0v) is 10.2. The topological polar surface area (TPSA) is 73.3 Å². The van der Waals surface area contributed by atoms with Crippen LogP contribution in [0.15, 0.2) is 11.0 Å². The minimum absolute atomic E-state index is 0.114. The molecule has 1 aromatic rings. The van der Waals surface area contributed by atoms with Gasteiger partial charge in [0.15, 0.2) is 0 Å². The molecule has 0 bridgehead atoms. The highest BCUT2D eigenvalue weighted by Crippen LogP contribution is 2.17. The first-order valence-corrected chi connectivity index (χ1v) is 5.97. The van der Waals surface area contributed by atoms with Gasteiger partial charge in [-0.25, -0.2) is 4.68 Å². The van der Waals surface area contributed by atoms with Gasteiger partial charge < -0.3 is 10.6 Å². The highest BCUT2D eigenvalue weighted by molar-refractivity contribution is 5.99. The molecule has 0 radical (unpaired) electrons. The lowest BCUT2D eigenvalue weighted by Crippen LogP contribution is -2.36. The van der Waals surface area contributed by atoms with Gasteiger partial charge in [-0.1, -0.05) is 0 Å². The average molecular weight is 238 g/mol. The molecule has 1 amide bonds. The maximum absolute atomic E-state index is 12.1. The fourth-order valence-corrected chi connectivity index (χ4v) is 2.23. The molecule has 2 heterocycles. The van der Waals surface area contributed by atoms with E-state index in [4.69, 9.17) is 5.73 Å². The number of rotatable bonds is 3. The molecule has 1 fully saturated rings. The number of hydrogen-bond acceptors (Lipinski definition) is 3. The molecule has 94 valence electrons. The van der Waals surface area contributed by atoms with Crippen molar-refractivity contribution in [3.05, 3.63) is 16.6 Å². The molecule has 1 saturated heterocycles. The molecular weight excluding hydrogens is 220 g/mol. The number of aromatic nitrogens is 2. The van der Waals surface area contributed by atoms with Gasteiger partial charge in [0.1, 0.15) is 5.69 Å². The second-order valence-corrected chi connectivity index (χ2v) is 4.18. The summed E-state index contributed by atoms with van der Waals surface area (Å²) in [6.45, 7) is 5.71. The van der Waals surface area contributed by atoms with E-state index in [0.29, 0.717) is 31.7 Å². The molecule has 2 N–H and O–H groups in total. The van der Waals surface area contributed by atoms with Crippen LogP contribution in [0.4, 0.5) is 5.69 Å². The van der Waals surface area contributed by atoms with Crippen molar-refractivity contribution < 1.29 is 4.79 Å². The summed E-state index contributed by atoms with van der Waals surface area (Å²) in [6.07, 6.45) is 2.35. The van der Waals surface area contributed by atoms with E-state index >= 15 is 0 Å². The second-order valence-electron chi connectivity index (χ2n) is 4.18. The van der Waals surface area contributed by atoms with Crippen molar-refractivity contribution in [2.24, 2.45) is 5.73 Å². The van der Waals surface area contributed by atoms with Gasteiger partial charge >= 0.3 is 0 Å². The number of carbonyl (C=O) groups is 1. The minimum Gasteiger partial charge on any atom is -0.320 e. The van der Waals surface area contributed by atoms with E-state index in [-0.39, 0.29) is 11.5 Å². The van der Waals surface area contributed by atoms with Gasteiger partial charge in [-0.2, -0.15) is 0 Å². The molecule has 0 spiro atoms. The number of anilines is 1. The Hall–Kier alpha value is -1.56. The first-order chi connectivity index (χ1) is 8.10. The third-order valence-electron chi connectivity index (χ3n) is 3.20. The summed E-state index contributed by atoms with van der Waals surface area (Å²) in [5, 5.41) is 0. The molecule has 6 heteroatoms. The second kappa shape index (κ2) is 4.37. The standard InChI is InChI=1S/C11H18N4O2/c1-3-13-7-9(11(17)15(13)4-2)14-6-5-8(12)10(14)16/h7-8H,3-6,12H2,1-2H3. The molecule has 2 rings (SSSR count). The molecule has 1 aromatic heterocycles. The van der Waals surface area contributed by atoms with Crippen molar-refractivity contribution in [2.45, 2.75) is 39.4 Å². The smallest absolute Gasteiger partial charge is 0.290 e. The fraction of sp³-hybridized carbons (Fsp3) is 0.636. The normalized spacial score (nSPS) is 20.3. The Bertz CT molecular complexity index is 488. The summed E-state index contributed by atoms with van der Waals surface area (Å²) >= 11 is 0. The predicted octanol–water partition coefficient (Wildman–Crippen LogP) is -0.246. The van der Waals surface area contributed by atoms with E-state index in [1.54, 1.807) is 10.9 Å². The number of hydrogen-bond donors (Lipinski definition) is 1. The summed E-state index contributed by atoms with van der Waals surface area (Å²) in [7, 11) is 0. The maximum Gasteiger partial charge on any atom is 0.290 e. The summed E-state index contributed by atoms with van der Waals surface area (Å²) in [5.41, 5.74) is 6.00. The van der Waals surface area contributed by atoms with Gasteiger partial charge in [0.25, 0.3) is 5.56 Å². The molecule has 0 aliphatic carbocycles. The third-order valence-corrected chi connectivity index (χ3v) is 3.20. The molecule has 17 heavy (non-hydrogen) atoms. The Labute approximate surface area is 99.6 Å². The number of aryl methyl sites for hydroxylation is 1. The molecular formula is C11H18N4O2. The Morgan fingerprint density at radius 2 is 2.06 bits per heavy atom. The molecule has 0 aromatic carbocycles. The van der Waals surface area contributed by atoms with Crippen molar-refractivity contribution in [1.82, 2.24) is 9.36 Å². The average Bonchev–Trinajstić information content (AvgIpc) is 2.81. The quantitative estimate of drug-likeness (QED) is 0.789. The van der Waals surface area contributed by atoms with Crippen LogP contribution in [0.1, 0.15) is 20.3 Å². The van der Waals surface area contributed by atoms with E-state index in [0.717, 1.165) is 0 Å². The summed E-state index contributed by atoms with van der Waals surface area (Å²) in [4.78, 5) is 25.4. The predicted molar refractivity (Wildman–Crippen MR) is 65.0 cm³/mol. The Morgan fingerprint density at radius 3 is 2.47 bits per heavy atom. The van der Waals surface area contributed by atoms with Crippen LogP contribution in [0.25, 0.3) is 0 Å². The van der Waals surface area contributed by atoms with E-state index < -0.39 is 6.04 Å². The third kappa shape index (κ3) is 1.78. The van der Waals surface area contributed by atoms with E-state index in [2.05, 4.69) is 0 Å². The Morgan fingerprint density at radius 1 is 1.35 bits per heavy atom. The van der Waals surface area contributed by atoms with Crippen molar-refractivity contribution in [3.8, 4) is 0 Å². The van der Waals surface area contributed by atoms with Gasteiger partial charge in [-0.15, -0.1) is 0 Å². The minimum atomic E-state index is -0.463. The van der Waals surface area contributed by atoms with E-state index in [9.17, 15) is 9.59 Å². The van der Waals surface area contributed by atoms with Crippen LogP contribution in [0.3, 0.4) is 0 Å². The molecule has 1 unspecified atom stereocenters. The van der Waals surface area contributed by atoms with Crippen molar-refractivity contribution in [1.29, 1.82) is 0 Å². The van der Waals surface area contributed by atoms with Crippen molar-refractivity contribution in [3.63, 3.8) is 0 Å². The lowest BCUT2D eigenvalue weighted by atomic mass is 10.3. The highest BCUT2D eigenvalue weighted by Gasteiger charge is 2.32. The number of nitrogens with two attached hydrogens (primary N) is 1. The largest absolute Gasteiger partial charge is 0.320 e. The lowest BCUT2D eigenvalue weighted by molar-refractivity contribution is -0.118. The van der Waals surface area contributed by atoms with Gasteiger partial charge in [0.05, 0.1) is 12.2 Å². The van der Waals surface area contributed by atoms with Gasteiger partial charge in [0, 0.05) is 19.6 Å². The van der Waals surface area contributed by atoms with E-state index in [1.165, 1.54) is 4.90 Å². The summed E-state index contributed by atoms with van der Waals surface area (Å²) in [6, 6.07) is -0.463. The van der Waals surface area contributed by atoms with Crippen LogP contribution in [0.2, 0.25) is 0 Å². The first kappa shape index (κ1) is 11.9. The zero-order chi connectivity index (χ0) is 12.6. The molecule has 1 atom stereocenters.